The second kappa shape index (κ2) is 8.16. The van der Waals surface area contributed by atoms with Crippen LogP contribution in [0.3, 0.4) is 0 Å². The number of hydrogen-bond acceptors (Lipinski definition) is 1. The Balaban J connectivity index is 1.72. The summed E-state index contributed by atoms with van der Waals surface area (Å²) in [4.78, 5) is 0. The van der Waals surface area contributed by atoms with Crippen molar-refractivity contribution >= 4 is 18.2 Å². The summed E-state index contributed by atoms with van der Waals surface area (Å²) in [5.74, 6) is 1.10. The number of rotatable bonds is 5. The Morgan fingerprint density at radius 1 is 0.971 bits per heavy atom. The van der Waals surface area contributed by atoms with Crippen molar-refractivity contribution in [3.8, 4) is 5.75 Å². The van der Waals surface area contributed by atoms with Crippen LogP contribution in [0.2, 0.25) is 0 Å². The predicted molar refractivity (Wildman–Crippen MR) is 139 cm³/mol. The van der Waals surface area contributed by atoms with Gasteiger partial charge in [0.05, 0.1) is 11.3 Å². The van der Waals surface area contributed by atoms with E-state index in [9.17, 15) is 0 Å². The number of aromatic nitrogens is 1. The van der Waals surface area contributed by atoms with Crippen molar-refractivity contribution in [2.24, 2.45) is 5.92 Å². The highest BCUT2D eigenvalue weighted by Gasteiger charge is 2.57. The monoisotopic (exact) mass is 454 g/mol. The molecule has 3 aromatic rings. The Hall–Kier alpha value is -3.34. The summed E-state index contributed by atoms with van der Waals surface area (Å²) in [6.45, 7) is 9.32. The van der Waals surface area contributed by atoms with E-state index in [1.165, 1.54) is 5.56 Å². The van der Waals surface area contributed by atoms with Crippen LogP contribution in [0.25, 0.3) is 5.57 Å². The molecule has 34 heavy (non-hydrogen) atoms. The number of fused-ring (bicyclic) bond motifs is 2. The molecule has 1 aromatic heterocycles. The summed E-state index contributed by atoms with van der Waals surface area (Å²) in [6, 6.07) is 20.2. The largest absolute Gasteiger partial charge is 0.758 e. The maximum absolute atomic E-state index is 17.5. The molecule has 0 spiro atoms. The summed E-state index contributed by atoms with van der Waals surface area (Å²) >= 11 is 0. The Labute approximate surface area is 201 Å². The second-order valence-corrected chi connectivity index (χ2v) is 10.1. The van der Waals surface area contributed by atoms with E-state index in [0.29, 0.717) is 11.7 Å². The minimum Gasteiger partial charge on any atom is -0.609 e. The summed E-state index contributed by atoms with van der Waals surface area (Å²) in [5, 5.41) is 0. The molecule has 2 aliphatic heterocycles. The lowest BCUT2D eigenvalue weighted by molar-refractivity contribution is -0.367. The van der Waals surface area contributed by atoms with Crippen LogP contribution in [0.15, 0.2) is 78.0 Å². The van der Waals surface area contributed by atoms with Gasteiger partial charge in [0.1, 0.15) is 5.71 Å². The molecule has 0 N–H and O–H groups in total. The van der Waals surface area contributed by atoms with Gasteiger partial charge in [0.25, 0.3) is 0 Å². The average Bonchev–Trinajstić information content (AvgIpc) is 3.26. The van der Waals surface area contributed by atoms with Crippen molar-refractivity contribution in [1.82, 2.24) is 4.48 Å². The van der Waals surface area contributed by atoms with Crippen LogP contribution in [0.4, 0.5) is 4.32 Å². The lowest BCUT2D eigenvalue weighted by atomic mass is 9.81. The zero-order valence-corrected chi connectivity index (χ0v) is 20.9. The van der Waals surface area contributed by atoms with Gasteiger partial charge in [0.15, 0.2) is 5.70 Å². The SMILES string of the molecule is CC1=CC(C)=[N+]2C1=C(c1ccccc1)c1c(C)cc(C)n1[B-]2(F)Oc1ccc(CC(C)C)cc1. The molecule has 1 atom stereocenters. The van der Waals surface area contributed by atoms with E-state index < -0.39 is 6.90 Å². The van der Waals surface area contributed by atoms with E-state index in [2.05, 4.69) is 52.0 Å². The molecule has 0 aliphatic carbocycles. The smallest absolute Gasteiger partial charge is 0.609 e. The van der Waals surface area contributed by atoms with Crippen molar-refractivity contribution in [3.05, 3.63) is 106 Å². The average molecular weight is 454 g/mol. The van der Waals surface area contributed by atoms with Gasteiger partial charge in [-0.2, -0.15) is 0 Å². The number of halogens is 1. The van der Waals surface area contributed by atoms with E-state index in [-0.39, 0.29) is 0 Å². The number of allylic oxidation sites excluding steroid dienone is 2. The van der Waals surface area contributed by atoms with E-state index in [4.69, 9.17) is 4.65 Å². The number of benzene rings is 2. The maximum Gasteiger partial charge on any atom is 0.758 e. The van der Waals surface area contributed by atoms with Crippen molar-refractivity contribution in [3.63, 3.8) is 0 Å². The zero-order chi connectivity index (χ0) is 24.2. The minimum absolute atomic E-state index is 0.534. The van der Waals surface area contributed by atoms with E-state index in [1.807, 2.05) is 56.3 Å². The lowest BCUT2D eigenvalue weighted by Crippen LogP contribution is -2.59. The van der Waals surface area contributed by atoms with Gasteiger partial charge in [0.2, 0.25) is 0 Å². The fourth-order valence-electron chi connectivity index (χ4n) is 5.65. The number of hydrogen-bond donors (Lipinski definition) is 0. The van der Waals surface area contributed by atoms with Crippen molar-refractivity contribution in [2.45, 2.75) is 48.0 Å². The first kappa shape index (κ1) is 22.5. The first-order chi connectivity index (χ1) is 16.2. The predicted octanol–water partition coefficient (Wildman–Crippen LogP) is 6.84. The molecule has 174 valence electrons. The third-order valence-electron chi connectivity index (χ3n) is 6.87. The molecule has 3 heterocycles. The molecular weight excluding hydrogens is 422 g/mol. The highest BCUT2D eigenvalue weighted by atomic mass is 19.1. The summed E-state index contributed by atoms with van der Waals surface area (Å²) in [7, 11) is 0. The first-order valence-electron chi connectivity index (χ1n) is 12.1. The molecule has 5 heteroatoms. The van der Waals surface area contributed by atoms with Gasteiger partial charge in [-0.25, -0.2) is 0 Å². The first-order valence-corrected chi connectivity index (χ1v) is 12.1. The molecule has 2 aromatic carbocycles. The third kappa shape index (κ3) is 3.46. The van der Waals surface area contributed by atoms with Gasteiger partial charge in [-0.05, 0) is 73.7 Å². The molecule has 1 unspecified atom stereocenters. The molecule has 0 saturated heterocycles. The molecule has 5 rings (SSSR count). The van der Waals surface area contributed by atoms with Crippen LogP contribution in [0.1, 0.15) is 55.8 Å². The molecule has 0 fully saturated rings. The van der Waals surface area contributed by atoms with Crippen LogP contribution >= 0.6 is 0 Å². The fraction of sp³-hybridized carbons (Fsp3) is 0.276. The highest BCUT2D eigenvalue weighted by molar-refractivity contribution is 6.60. The normalized spacial score (nSPS) is 19.5. The van der Waals surface area contributed by atoms with E-state index in [1.54, 1.807) is 8.96 Å². The van der Waals surface area contributed by atoms with E-state index >= 15 is 4.32 Å². The Kier molecular flexibility index (Phi) is 5.39. The van der Waals surface area contributed by atoms with Gasteiger partial charge in [-0.15, -0.1) is 0 Å². The van der Waals surface area contributed by atoms with Crippen molar-refractivity contribution < 1.29 is 13.5 Å². The van der Waals surface area contributed by atoms with Gasteiger partial charge < -0.3 is 17.9 Å². The van der Waals surface area contributed by atoms with Crippen molar-refractivity contribution in [2.75, 3.05) is 0 Å². The fourth-order valence-corrected chi connectivity index (χ4v) is 5.65. The summed E-state index contributed by atoms with van der Waals surface area (Å²) < 4.78 is 27.4. The van der Waals surface area contributed by atoms with Crippen LogP contribution in [0.5, 0.6) is 5.75 Å². The highest BCUT2D eigenvalue weighted by Crippen LogP contribution is 2.44. The number of nitrogens with zero attached hydrogens (tertiary/aromatic N) is 2. The standard InChI is InChI=1S/C29H32BFN2O/c1-19(2)16-24-12-14-26(15-13-24)34-30(31)32-22(5)17-20(3)28(32)27(25-10-8-7-9-11-25)29-21(4)18-23(6)33(29)30/h7-15,17-19H,16H2,1-6H3. The van der Waals surface area contributed by atoms with Gasteiger partial charge in [-0.3, -0.25) is 0 Å². The Morgan fingerprint density at radius 2 is 1.65 bits per heavy atom. The van der Waals surface area contributed by atoms with Crippen LogP contribution in [-0.4, -0.2) is 21.6 Å². The maximum atomic E-state index is 17.5. The van der Waals surface area contributed by atoms with Gasteiger partial charge in [-0.1, -0.05) is 56.3 Å². The molecule has 0 bridgehead atoms. The van der Waals surface area contributed by atoms with Crippen LogP contribution in [0, 0.1) is 19.8 Å². The Bertz CT molecular complexity index is 1360. The number of aryl methyl sites for hydroxylation is 2. The van der Waals surface area contributed by atoms with E-state index in [0.717, 1.165) is 51.5 Å². The van der Waals surface area contributed by atoms with Gasteiger partial charge >= 0.3 is 6.90 Å². The van der Waals surface area contributed by atoms with Crippen LogP contribution in [-0.2, 0) is 6.42 Å². The third-order valence-corrected chi connectivity index (χ3v) is 6.87. The zero-order valence-electron chi connectivity index (χ0n) is 20.9. The molecule has 0 amide bonds. The lowest BCUT2D eigenvalue weighted by Gasteiger charge is -2.39. The summed E-state index contributed by atoms with van der Waals surface area (Å²) in [5.41, 5.74) is 8.89. The molecule has 3 nitrogen and oxygen atoms in total. The summed E-state index contributed by atoms with van der Waals surface area (Å²) in [6.07, 6.45) is 3.04. The second-order valence-electron chi connectivity index (χ2n) is 10.1. The molecule has 0 radical (unpaired) electrons. The topological polar surface area (TPSA) is 17.2 Å². The quantitative estimate of drug-likeness (QED) is 0.386. The van der Waals surface area contributed by atoms with Crippen molar-refractivity contribution in [1.29, 1.82) is 0 Å². The molecule has 0 saturated carbocycles. The molecule has 2 aliphatic rings. The molecular formula is C29H32BFN2O. The van der Waals surface area contributed by atoms with Crippen LogP contribution < -0.4 is 4.65 Å². The Morgan fingerprint density at radius 3 is 2.29 bits per heavy atom. The minimum atomic E-state index is -3.10. The van der Waals surface area contributed by atoms with Gasteiger partial charge in [0, 0.05) is 24.3 Å².